The summed E-state index contributed by atoms with van der Waals surface area (Å²) in [5.41, 5.74) is 1.78. The summed E-state index contributed by atoms with van der Waals surface area (Å²) in [4.78, 5) is 14.0. The number of fused-ring (bicyclic) bond motifs is 1. The molecule has 4 rings (SSSR count). The maximum absolute atomic E-state index is 14.1. The molecular weight excluding hydrogens is 586 g/mol. The van der Waals surface area contributed by atoms with Gasteiger partial charge in [-0.2, -0.15) is 4.31 Å². The molecule has 0 aromatic heterocycles. The summed E-state index contributed by atoms with van der Waals surface area (Å²) < 4.78 is 56.9. The number of sulfonamides is 2. The smallest absolute Gasteiger partial charge is 0.321 e. The monoisotopic (exact) mass is 625 g/mol. The highest BCUT2D eigenvalue weighted by molar-refractivity contribution is 7.89. The van der Waals surface area contributed by atoms with Crippen molar-refractivity contribution in [1.29, 1.82) is 0 Å². The molecule has 1 aliphatic heterocycles. The van der Waals surface area contributed by atoms with Crippen molar-refractivity contribution in [2.75, 3.05) is 24.2 Å². The van der Waals surface area contributed by atoms with Crippen molar-refractivity contribution in [1.82, 2.24) is 9.03 Å². The van der Waals surface area contributed by atoms with Gasteiger partial charge in [0.2, 0.25) is 20.0 Å². The van der Waals surface area contributed by atoms with Crippen LogP contribution in [0.4, 0.5) is 11.4 Å². The van der Waals surface area contributed by atoms with Crippen molar-refractivity contribution in [2.24, 2.45) is 11.8 Å². The lowest BCUT2D eigenvalue weighted by Crippen LogP contribution is -2.46. The largest absolute Gasteiger partial charge is 0.480 e. The zero-order chi connectivity index (χ0) is 29.9. The number of carboxylic acid groups (broad SMARTS) is 1. The maximum Gasteiger partial charge on any atom is 0.321 e. The van der Waals surface area contributed by atoms with Crippen molar-refractivity contribution >= 4 is 49.0 Å². The number of halogens is 1. The molecule has 1 fully saturated rings. The predicted molar refractivity (Wildman–Crippen MR) is 162 cm³/mol. The summed E-state index contributed by atoms with van der Waals surface area (Å²) >= 11 is 6.73. The molecular formula is C29H40ClN3O6S2. The second-order valence-electron chi connectivity index (χ2n) is 11.6. The summed E-state index contributed by atoms with van der Waals surface area (Å²) in [7, 11) is -6.10. The number of hydrogen-bond acceptors (Lipinski definition) is 6. The van der Waals surface area contributed by atoms with Gasteiger partial charge in [-0.15, -0.1) is 0 Å². The number of rotatable bonds is 10. The molecule has 0 unspecified atom stereocenters. The third-order valence-corrected chi connectivity index (χ3v) is 12.1. The standard InChI is InChI=1S/C29H40ClN3O6S2/c1-20(2)19-40(36,37)31-25(29(34)35)15-14-22-16-28-26(17-24(22)30)33(23-12-8-5-9-13-23)18-27(32(3)41(28,38)39)21-10-6-4-7-11-21/h5,8-9,12-13,16-17,20-21,25,27,31H,4,6-7,10-11,14-15,18-19H2,1-3H3,(H,34,35)/t25-,27+/m1/s1. The quantitative estimate of drug-likeness (QED) is 0.380. The molecule has 1 aliphatic carbocycles. The Kier molecular flexibility index (Phi) is 10.1. The Morgan fingerprint density at radius 1 is 1.12 bits per heavy atom. The lowest BCUT2D eigenvalue weighted by atomic mass is 9.83. The van der Waals surface area contributed by atoms with Crippen LogP contribution in [0.25, 0.3) is 0 Å². The van der Waals surface area contributed by atoms with Gasteiger partial charge in [0.15, 0.2) is 0 Å². The number of para-hydroxylation sites is 1. The number of benzene rings is 2. The molecule has 1 heterocycles. The molecule has 2 atom stereocenters. The van der Waals surface area contributed by atoms with E-state index in [2.05, 4.69) is 4.72 Å². The molecule has 2 aliphatic rings. The van der Waals surface area contributed by atoms with Gasteiger partial charge in [-0.1, -0.05) is 62.9 Å². The van der Waals surface area contributed by atoms with Gasteiger partial charge in [0, 0.05) is 30.3 Å². The van der Waals surface area contributed by atoms with Gasteiger partial charge in [-0.05, 0) is 67.3 Å². The van der Waals surface area contributed by atoms with E-state index in [0.717, 1.165) is 37.8 Å². The number of carbonyl (C=O) groups is 1. The average Bonchev–Trinajstić information content (AvgIpc) is 2.99. The number of nitrogens with one attached hydrogen (secondary N) is 1. The first-order valence-corrected chi connectivity index (χ1v) is 17.6. The van der Waals surface area contributed by atoms with Gasteiger partial charge in [0.1, 0.15) is 10.9 Å². The van der Waals surface area contributed by atoms with Crippen molar-refractivity contribution in [3.8, 4) is 0 Å². The average molecular weight is 626 g/mol. The maximum atomic E-state index is 14.1. The van der Waals surface area contributed by atoms with Crippen LogP contribution in [-0.2, 0) is 31.3 Å². The van der Waals surface area contributed by atoms with Crippen LogP contribution in [0.15, 0.2) is 47.4 Å². The Hall–Kier alpha value is -2.18. The van der Waals surface area contributed by atoms with Gasteiger partial charge in [-0.25, -0.2) is 21.6 Å². The number of hydrogen-bond donors (Lipinski definition) is 2. The Morgan fingerprint density at radius 2 is 1.78 bits per heavy atom. The zero-order valence-electron chi connectivity index (χ0n) is 23.8. The predicted octanol–water partition coefficient (Wildman–Crippen LogP) is 5.02. The minimum atomic E-state index is -3.93. The Morgan fingerprint density at radius 3 is 2.39 bits per heavy atom. The minimum Gasteiger partial charge on any atom is -0.480 e. The molecule has 226 valence electrons. The summed E-state index contributed by atoms with van der Waals surface area (Å²) in [6.45, 7) is 3.95. The van der Waals surface area contributed by atoms with Gasteiger partial charge in [-0.3, -0.25) is 4.79 Å². The van der Waals surface area contributed by atoms with Gasteiger partial charge >= 0.3 is 5.97 Å². The number of carboxylic acids is 1. The van der Waals surface area contributed by atoms with Crippen LogP contribution >= 0.6 is 11.6 Å². The number of aliphatic carboxylic acids is 1. The van der Waals surface area contributed by atoms with Crippen molar-refractivity contribution in [3.05, 3.63) is 53.1 Å². The molecule has 0 spiro atoms. The van der Waals surface area contributed by atoms with Crippen LogP contribution in [0.1, 0.15) is 57.9 Å². The van der Waals surface area contributed by atoms with Crippen LogP contribution in [-0.4, -0.2) is 63.6 Å². The van der Waals surface area contributed by atoms with E-state index in [1.807, 2.05) is 35.2 Å². The summed E-state index contributed by atoms with van der Waals surface area (Å²) in [6, 6.07) is 11.2. The van der Waals surface area contributed by atoms with E-state index >= 15 is 0 Å². The lowest BCUT2D eigenvalue weighted by molar-refractivity contribution is -0.139. The second-order valence-corrected chi connectivity index (χ2v) is 15.7. The van der Waals surface area contributed by atoms with Crippen LogP contribution in [0, 0.1) is 11.8 Å². The van der Waals surface area contributed by atoms with E-state index in [0.29, 0.717) is 22.8 Å². The molecule has 0 amide bonds. The van der Waals surface area contributed by atoms with Crippen molar-refractivity contribution < 1.29 is 26.7 Å². The van der Waals surface area contributed by atoms with Crippen molar-refractivity contribution in [3.63, 3.8) is 0 Å². The van der Waals surface area contributed by atoms with Crippen LogP contribution in [0.2, 0.25) is 5.02 Å². The third-order valence-electron chi connectivity index (χ3n) is 8.05. The molecule has 0 saturated heterocycles. The number of anilines is 2. The lowest BCUT2D eigenvalue weighted by Gasteiger charge is -2.36. The fraction of sp³-hybridized carbons (Fsp3) is 0.552. The molecule has 0 radical (unpaired) electrons. The van der Waals surface area contributed by atoms with E-state index < -0.39 is 32.1 Å². The second kappa shape index (κ2) is 13.0. The molecule has 1 saturated carbocycles. The fourth-order valence-electron chi connectivity index (χ4n) is 5.98. The first-order valence-electron chi connectivity index (χ1n) is 14.2. The third kappa shape index (κ3) is 7.43. The fourth-order valence-corrected chi connectivity index (χ4v) is 9.49. The highest BCUT2D eigenvalue weighted by atomic mass is 35.5. The molecule has 2 aromatic rings. The van der Waals surface area contributed by atoms with Gasteiger partial charge in [0.25, 0.3) is 0 Å². The molecule has 0 bridgehead atoms. The first-order chi connectivity index (χ1) is 19.3. The molecule has 9 nitrogen and oxygen atoms in total. The Bertz CT molecular complexity index is 1440. The zero-order valence-corrected chi connectivity index (χ0v) is 26.2. The van der Waals surface area contributed by atoms with E-state index in [1.54, 1.807) is 27.0 Å². The summed E-state index contributed by atoms with van der Waals surface area (Å²) in [5, 5.41) is 10.0. The highest BCUT2D eigenvalue weighted by Crippen LogP contribution is 2.42. The van der Waals surface area contributed by atoms with Crippen LogP contribution < -0.4 is 9.62 Å². The van der Waals surface area contributed by atoms with Gasteiger partial charge in [0.05, 0.1) is 11.4 Å². The van der Waals surface area contributed by atoms with Crippen LogP contribution in [0.3, 0.4) is 0 Å². The molecule has 2 aromatic carbocycles. The number of nitrogens with zero attached hydrogens (tertiary/aromatic N) is 2. The van der Waals surface area contributed by atoms with Crippen LogP contribution in [0.5, 0.6) is 0 Å². The first kappa shape index (κ1) is 31.7. The highest BCUT2D eigenvalue weighted by Gasteiger charge is 2.41. The summed E-state index contributed by atoms with van der Waals surface area (Å²) in [6.07, 6.45) is 5.24. The van der Waals surface area contributed by atoms with Gasteiger partial charge < -0.3 is 10.0 Å². The topological polar surface area (TPSA) is 124 Å². The normalized spacial score (nSPS) is 20.9. The summed E-state index contributed by atoms with van der Waals surface area (Å²) in [5.74, 6) is -1.44. The van der Waals surface area contributed by atoms with E-state index in [4.69, 9.17) is 11.6 Å². The Balaban J connectivity index is 1.72. The molecule has 41 heavy (non-hydrogen) atoms. The van der Waals surface area contributed by atoms with E-state index in [1.165, 1.54) is 10.4 Å². The number of likely N-dealkylation sites (N-methyl/N-ethyl adjacent to an activating group) is 1. The molecule has 2 N–H and O–H groups in total. The minimum absolute atomic E-state index is 0.0733. The van der Waals surface area contributed by atoms with E-state index in [-0.39, 0.29) is 41.4 Å². The Labute approximate surface area is 249 Å². The van der Waals surface area contributed by atoms with E-state index in [9.17, 15) is 26.7 Å². The van der Waals surface area contributed by atoms with Crippen molar-refractivity contribution in [2.45, 2.75) is 75.8 Å². The number of aryl methyl sites for hydroxylation is 1. The SMILES string of the molecule is CC(C)CS(=O)(=O)N[C@H](CCc1cc2c(cc1Cl)N(c1ccccc1)C[C@@H](C1CCCCC1)N(C)S2(=O)=O)C(=O)O. The molecule has 12 heteroatoms.